The van der Waals surface area contributed by atoms with Gasteiger partial charge in [-0.25, -0.2) is 12.8 Å². The summed E-state index contributed by atoms with van der Waals surface area (Å²) in [5.74, 6) is -3.07. The number of hydrogen-bond donors (Lipinski definition) is 2. The molecule has 3 aromatic rings. The highest BCUT2D eigenvalue weighted by Crippen LogP contribution is 2.20. The molecule has 0 bridgehead atoms. The summed E-state index contributed by atoms with van der Waals surface area (Å²) in [5.41, 5.74) is 4.40. The minimum atomic E-state index is -3.71. The summed E-state index contributed by atoms with van der Waals surface area (Å²) in [7, 11) is -3.71. The number of halogens is 1. The molecule has 31 heavy (non-hydrogen) atoms. The van der Waals surface area contributed by atoms with E-state index < -0.39 is 39.3 Å². The van der Waals surface area contributed by atoms with Crippen molar-refractivity contribution in [2.75, 3.05) is 0 Å². The summed E-state index contributed by atoms with van der Waals surface area (Å²) >= 11 is 0. The van der Waals surface area contributed by atoms with Gasteiger partial charge in [0.05, 0.1) is 16.9 Å². The first-order valence-electron chi connectivity index (χ1n) is 9.13. The van der Waals surface area contributed by atoms with Crippen LogP contribution in [0.15, 0.2) is 76.2 Å². The predicted octanol–water partition coefficient (Wildman–Crippen LogP) is 2.62. The predicted molar refractivity (Wildman–Crippen MR) is 108 cm³/mol. The van der Waals surface area contributed by atoms with Crippen LogP contribution in [0.5, 0.6) is 5.75 Å². The zero-order valence-electron chi connectivity index (χ0n) is 16.4. The number of furan rings is 1. The lowest BCUT2D eigenvalue weighted by Crippen LogP contribution is -2.47. The highest BCUT2D eigenvalue weighted by atomic mass is 32.2. The molecule has 0 fully saturated rings. The van der Waals surface area contributed by atoms with Crippen molar-refractivity contribution in [1.29, 1.82) is 0 Å². The van der Waals surface area contributed by atoms with E-state index in [0.717, 1.165) is 0 Å². The first kappa shape index (κ1) is 22.0. The molecule has 2 amide bonds. The Hall–Kier alpha value is -3.66. The van der Waals surface area contributed by atoms with Gasteiger partial charge in [-0.3, -0.25) is 20.4 Å². The average Bonchev–Trinajstić information content (AvgIpc) is 3.21. The molecule has 2 N–H and O–H groups in total. The van der Waals surface area contributed by atoms with Gasteiger partial charge in [0, 0.05) is 5.56 Å². The third kappa shape index (κ3) is 5.48. The lowest BCUT2D eigenvalue weighted by molar-refractivity contribution is -0.128. The maximum atomic E-state index is 13.6. The number of carbonyl (C=O) groups excluding carboxylic acids is 2. The second-order valence-electron chi connectivity index (χ2n) is 6.48. The van der Waals surface area contributed by atoms with Crippen LogP contribution >= 0.6 is 0 Å². The first-order chi connectivity index (χ1) is 14.8. The largest absolute Gasteiger partial charge is 0.478 e. The Labute approximate surface area is 177 Å². The number of para-hydroxylation sites is 1. The fourth-order valence-electron chi connectivity index (χ4n) is 2.63. The lowest BCUT2D eigenvalue weighted by Gasteiger charge is -2.15. The summed E-state index contributed by atoms with van der Waals surface area (Å²) in [4.78, 5) is 24.6. The molecule has 1 atom stereocenters. The van der Waals surface area contributed by atoms with Gasteiger partial charge in [0.1, 0.15) is 0 Å². The number of carbonyl (C=O) groups is 2. The molecule has 0 aliphatic carbocycles. The van der Waals surface area contributed by atoms with Crippen LogP contribution in [-0.2, 0) is 20.4 Å². The van der Waals surface area contributed by atoms with Gasteiger partial charge in [-0.1, -0.05) is 30.3 Å². The van der Waals surface area contributed by atoms with Crippen molar-refractivity contribution in [2.45, 2.75) is 23.7 Å². The van der Waals surface area contributed by atoms with Crippen molar-refractivity contribution < 1.29 is 31.6 Å². The highest BCUT2D eigenvalue weighted by Gasteiger charge is 2.23. The maximum absolute atomic E-state index is 13.6. The smallest absolute Gasteiger partial charge is 0.305 e. The fraction of sp³-hybridized carbons (Fsp3) is 0.143. The molecule has 0 aliphatic rings. The number of nitrogens with one attached hydrogen (secondary N) is 2. The molecule has 0 radical (unpaired) electrons. The molecule has 162 valence electrons. The van der Waals surface area contributed by atoms with Gasteiger partial charge in [0.2, 0.25) is 0 Å². The number of hydrogen-bond acceptors (Lipinski definition) is 6. The van der Waals surface area contributed by atoms with E-state index in [-0.39, 0.29) is 22.0 Å². The number of benzene rings is 2. The number of sulfone groups is 1. The Morgan fingerprint density at radius 2 is 1.71 bits per heavy atom. The Morgan fingerprint density at radius 3 is 2.42 bits per heavy atom. The highest BCUT2D eigenvalue weighted by molar-refractivity contribution is 7.90. The van der Waals surface area contributed by atoms with Crippen LogP contribution in [0.1, 0.15) is 23.0 Å². The van der Waals surface area contributed by atoms with E-state index in [9.17, 15) is 22.4 Å². The molecule has 0 spiro atoms. The summed E-state index contributed by atoms with van der Waals surface area (Å²) < 4.78 is 49.0. The molecule has 2 aromatic carbocycles. The average molecular weight is 446 g/mol. The minimum Gasteiger partial charge on any atom is -0.478 e. The van der Waals surface area contributed by atoms with Crippen LogP contribution < -0.4 is 15.6 Å². The van der Waals surface area contributed by atoms with Gasteiger partial charge in [0.25, 0.3) is 5.91 Å². The van der Waals surface area contributed by atoms with Crippen LogP contribution in [-0.4, -0.2) is 26.3 Å². The number of hydrazine groups is 1. The Kier molecular flexibility index (Phi) is 6.71. The summed E-state index contributed by atoms with van der Waals surface area (Å²) in [6, 6.07) is 14.7. The van der Waals surface area contributed by atoms with Gasteiger partial charge in [-0.2, -0.15) is 0 Å². The second-order valence-corrected chi connectivity index (χ2v) is 8.47. The lowest BCUT2D eigenvalue weighted by atomic mass is 10.3. The summed E-state index contributed by atoms with van der Waals surface area (Å²) in [5, 5.41) is 0. The number of ether oxygens (including phenoxy) is 1. The number of rotatable bonds is 7. The van der Waals surface area contributed by atoms with E-state index in [1.54, 1.807) is 24.3 Å². The van der Waals surface area contributed by atoms with Crippen LogP contribution in [0.4, 0.5) is 4.39 Å². The second kappa shape index (κ2) is 9.43. The maximum Gasteiger partial charge on any atom is 0.305 e. The van der Waals surface area contributed by atoms with Crippen molar-refractivity contribution in [2.24, 2.45) is 0 Å². The van der Waals surface area contributed by atoms with Crippen molar-refractivity contribution >= 4 is 21.7 Å². The van der Waals surface area contributed by atoms with Crippen LogP contribution in [0.3, 0.4) is 0 Å². The monoisotopic (exact) mass is 446 g/mol. The molecule has 1 aromatic heterocycles. The molecule has 3 rings (SSSR count). The molecular weight excluding hydrogens is 427 g/mol. The molecule has 1 heterocycles. The van der Waals surface area contributed by atoms with E-state index in [0.29, 0.717) is 0 Å². The minimum absolute atomic E-state index is 0.106. The van der Waals surface area contributed by atoms with Crippen molar-refractivity contribution in [3.63, 3.8) is 0 Å². The molecule has 0 saturated carbocycles. The normalized spacial score (nSPS) is 12.1. The Balaban J connectivity index is 1.61. The Bertz CT molecular complexity index is 1180. The summed E-state index contributed by atoms with van der Waals surface area (Å²) in [6.07, 6.45) is 0.0583. The molecule has 0 aliphatic heterocycles. The molecule has 10 heteroatoms. The standard InChI is InChI=1S/C21H19FN2O6S/c1-14(30-18-10-6-5-9-17(18)22)20(25)23-24-21(26)19-15(11-12-29-19)13-31(27,28)16-7-3-2-4-8-16/h2-12,14H,13H2,1H3,(H,23,25)(H,24,26)/t14-/m0/s1. The quantitative estimate of drug-likeness (QED) is 0.539. The van der Waals surface area contributed by atoms with E-state index in [2.05, 4.69) is 10.9 Å². The number of amides is 2. The first-order valence-corrected chi connectivity index (χ1v) is 10.8. The molecule has 8 nitrogen and oxygen atoms in total. The van der Waals surface area contributed by atoms with E-state index in [1.807, 2.05) is 0 Å². The third-order valence-electron chi connectivity index (χ3n) is 4.21. The van der Waals surface area contributed by atoms with Gasteiger partial charge < -0.3 is 9.15 Å². The Morgan fingerprint density at radius 1 is 1.03 bits per heavy atom. The summed E-state index contributed by atoms with van der Waals surface area (Å²) in [6.45, 7) is 1.37. The van der Waals surface area contributed by atoms with Crippen molar-refractivity contribution in [3.05, 3.63) is 84.1 Å². The van der Waals surface area contributed by atoms with Crippen molar-refractivity contribution in [3.8, 4) is 5.75 Å². The van der Waals surface area contributed by atoms with E-state index in [1.165, 1.54) is 49.6 Å². The molecule has 0 unspecified atom stereocenters. The fourth-order valence-corrected chi connectivity index (χ4v) is 4.00. The van der Waals surface area contributed by atoms with Gasteiger partial charge >= 0.3 is 5.91 Å². The molecule has 0 saturated heterocycles. The van der Waals surface area contributed by atoms with Crippen molar-refractivity contribution in [1.82, 2.24) is 10.9 Å². The van der Waals surface area contributed by atoms with E-state index in [4.69, 9.17) is 9.15 Å². The van der Waals surface area contributed by atoms with Crippen LogP contribution in [0, 0.1) is 5.82 Å². The zero-order chi connectivity index (χ0) is 22.4. The van der Waals surface area contributed by atoms with Gasteiger partial charge in [-0.05, 0) is 37.3 Å². The van der Waals surface area contributed by atoms with Gasteiger partial charge in [0.15, 0.2) is 33.3 Å². The SMILES string of the molecule is C[C@H](Oc1ccccc1F)C(=O)NNC(=O)c1occc1CS(=O)(=O)c1ccccc1. The van der Waals surface area contributed by atoms with Gasteiger partial charge in [-0.15, -0.1) is 0 Å². The van der Waals surface area contributed by atoms with E-state index >= 15 is 0 Å². The topological polar surface area (TPSA) is 115 Å². The van der Waals surface area contributed by atoms with Crippen LogP contribution in [0.25, 0.3) is 0 Å². The van der Waals surface area contributed by atoms with Crippen LogP contribution in [0.2, 0.25) is 0 Å². The third-order valence-corrected chi connectivity index (χ3v) is 5.89. The molecular formula is C21H19FN2O6S. The zero-order valence-corrected chi connectivity index (χ0v) is 17.2.